The molecule has 0 unspecified atom stereocenters. The summed E-state index contributed by atoms with van der Waals surface area (Å²) >= 11 is 3.39. The van der Waals surface area contributed by atoms with Gasteiger partial charge in [0.1, 0.15) is 17.3 Å². The number of benzene rings is 1. The quantitative estimate of drug-likeness (QED) is 0.769. The smallest absolute Gasteiger partial charge is 0.262 e. The first kappa shape index (κ1) is 15.3. The van der Waals surface area contributed by atoms with Crippen molar-refractivity contribution in [2.75, 3.05) is 12.8 Å². The van der Waals surface area contributed by atoms with Crippen molar-refractivity contribution in [3.63, 3.8) is 0 Å². The Morgan fingerprint density at radius 3 is 2.52 bits per heavy atom. The van der Waals surface area contributed by atoms with Gasteiger partial charge in [0.05, 0.1) is 18.2 Å². The third-order valence-electron chi connectivity index (χ3n) is 3.57. The van der Waals surface area contributed by atoms with Gasteiger partial charge in [0.2, 0.25) is 0 Å². The number of aromatic nitrogens is 1. The van der Waals surface area contributed by atoms with Gasteiger partial charge in [-0.05, 0) is 40.5 Å². The number of rotatable bonds is 2. The number of aryl methyl sites for hydroxylation is 1. The van der Waals surface area contributed by atoms with Crippen molar-refractivity contribution >= 4 is 33.6 Å². The molecule has 8 heteroatoms. The summed E-state index contributed by atoms with van der Waals surface area (Å²) in [5.74, 6) is -0.955. The van der Waals surface area contributed by atoms with Gasteiger partial charge >= 0.3 is 0 Å². The van der Waals surface area contributed by atoms with Crippen LogP contribution in [0.15, 0.2) is 27.5 Å². The highest BCUT2D eigenvalue weighted by Gasteiger charge is 2.32. The van der Waals surface area contributed by atoms with Crippen molar-refractivity contribution in [1.82, 2.24) is 9.88 Å². The van der Waals surface area contributed by atoms with Crippen LogP contribution in [-0.2, 0) is 0 Å². The van der Waals surface area contributed by atoms with E-state index in [1.807, 2.05) is 6.92 Å². The average Bonchev–Trinajstić information content (AvgIpc) is 2.75. The highest BCUT2D eigenvalue weighted by atomic mass is 79.9. The lowest BCUT2D eigenvalue weighted by Gasteiger charge is -2.17. The van der Waals surface area contributed by atoms with E-state index in [1.54, 1.807) is 12.1 Å². The number of nitrogens with two attached hydrogens (primary N) is 1. The van der Waals surface area contributed by atoms with E-state index in [4.69, 9.17) is 10.5 Å². The van der Waals surface area contributed by atoms with Crippen molar-refractivity contribution < 1.29 is 14.3 Å². The van der Waals surface area contributed by atoms with E-state index < -0.39 is 17.4 Å². The summed E-state index contributed by atoms with van der Waals surface area (Å²) in [5.41, 5.74) is 6.75. The molecule has 3 N–H and O–H groups in total. The molecule has 2 amide bonds. The van der Waals surface area contributed by atoms with Crippen LogP contribution < -0.4 is 21.3 Å². The van der Waals surface area contributed by atoms with Gasteiger partial charge in [-0.3, -0.25) is 24.3 Å². The summed E-state index contributed by atoms with van der Waals surface area (Å²) in [7, 11) is 1.47. The lowest BCUT2D eigenvalue weighted by molar-refractivity contribution is 0.0880. The topological polar surface area (TPSA) is 103 Å². The molecule has 0 spiro atoms. The van der Waals surface area contributed by atoms with Gasteiger partial charge in [0, 0.05) is 10.5 Å². The number of carbonyl (C=O) groups excluding carboxylic acids is 2. The number of methoxy groups -OCH3 is 1. The Morgan fingerprint density at radius 1 is 1.17 bits per heavy atom. The van der Waals surface area contributed by atoms with Crippen LogP contribution in [0.25, 0.3) is 5.69 Å². The van der Waals surface area contributed by atoms with Crippen LogP contribution in [0.4, 0.5) is 5.82 Å². The number of anilines is 1. The molecule has 3 rings (SSSR count). The van der Waals surface area contributed by atoms with Crippen LogP contribution >= 0.6 is 15.9 Å². The van der Waals surface area contributed by atoms with E-state index in [1.165, 1.54) is 7.11 Å². The SMILES string of the molecule is COc1cc(C)cc(Br)c1-n1c(N)c2c(cc1=O)C(=O)NC2=O. The lowest BCUT2D eigenvalue weighted by atomic mass is 10.1. The molecule has 0 aliphatic carbocycles. The van der Waals surface area contributed by atoms with Crippen LogP contribution in [0.2, 0.25) is 0 Å². The molecule has 7 nitrogen and oxygen atoms in total. The number of halogens is 1. The third-order valence-corrected chi connectivity index (χ3v) is 4.17. The number of imide groups is 1. The number of amides is 2. The predicted octanol–water partition coefficient (Wildman–Crippen LogP) is 1.38. The fourth-order valence-electron chi connectivity index (χ4n) is 2.59. The first-order chi connectivity index (χ1) is 10.8. The molecular weight excluding hydrogens is 366 g/mol. The molecule has 23 heavy (non-hydrogen) atoms. The van der Waals surface area contributed by atoms with E-state index in [0.29, 0.717) is 15.9 Å². The molecule has 0 radical (unpaired) electrons. The highest BCUT2D eigenvalue weighted by molar-refractivity contribution is 9.10. The Labute approximate surface area is 139 Å². The molecule has 0 saturated carbocycles. The molecule has 2 aromatic rings. The molecule has 0 saturated heterocycles. The van der Waals surface area contributed by atoms with Gasteiger partial charge < -0.3 is 10.5 Å². The van der Waals surface area contributed by atoms with E-state index in [-0.39, 0.29) is 16.9 Å². The number of nitrogens with zero attached hydrogens (tertiary/aromatic N) is 1. The average molecular weight is 378 g/mol. The Kier molecular flexibility index (Phi) is 3.48. The number of pyridine rings is 1. The summed E-state index contributed by atoms with van der Waals surface area (Å²) in [6, 6.07) is 4.63. The normalized spacial score (nSPS) is 13.0. The second-order valence-electron chi connectivity index (χ2n) is 5.07. The van der Waals surface area contributed by atoms with Gasteiger partial charge in [-0.1, -0.05) is 0 Å². The summed E-state index contributed by atoms with van der Waals surface area (Å²) in [5, 5.41) is 2.13. The molecule has 0 atom stereocenters. The minimum Gasteiger partial charge on any atom is -0.495 e. The van der Waals surface area contributed by atoms with Crippen molar-refractivity contribution in [2.24, 2.45) is 0 Å². The number of ether oxygens (including phenoxy) is 1. The largest absolute Gasteiger partial charge is 0.495 e. The van der Waals surface area contributed by atoms with Crippen molar-refractivity contribution in [2.45, 2.75) is 6.92 Å². The molecule has 118 valence electrons. The number of nitrogen functional groups attached to an aromatic ring is 1. The van der Waals surface area contributed by atoms with Crippen molar-refractivity contribution in [1.29, 1.82) is 0 Å². The fourth-order valence-corrected chi connectivity index (χ4v) is 3.32. The van der Waals surface area contributed by atoms with E-state index in [9.17, 15) is 14.4 Å². The van der Waals surface area contributed by atoms with Gasteiger partial charge in [0.25, 0.3) is 17.4 Å². The van der Waals surface area contributed by atoms with Gasteiger partial charge in [-0.15, -0.1) is 0 Å². The molecule has 1 aliphatic heterocycles. The van der Waals surface area contributed by atoms with Crippen molar-refractivity contribution in [3.8, 4) is 11.4 Å². The second-order valence-corrected chi connectivity index (χ2v) is 5.93. The Morgan fingerprint density at radius 2 is 1.87 bits per heavy atom. The Hall–Kier alpha value is -2.61. The maximum Gasteiger partial charge on any atom is 0.262 e. The molecular formula is C15H12BrN3O4. The zero-order valence-corrected chi connectivity index (χ0v) is 13.9. The van der Waals surface area contributed by atoms with Gasteiger partial charge in [-0.25, -0.2) is 0 Å². The van der Waals surface area contributed by atoms with Gasteiger partial charge in [0.15, 0.2) is 0 Å². The second kappa shape index (κ2) is 5.24. The van der Waals surface area contributed by atoms with Crippen LogP contribution in [-0.4, -0.2) is 23.5 Å². The summed E-state index contributed by atoms with van der Waals surface area (Å²) < 4.78 is 7.05. The van der Waals surface area contributed by atoms with Crippen molar-refractivity contribution in [3.05, 3.63) is 49.7 Å². The minimum atomic E-state index is -0.629. The number of fused-ring (bicyclic) bond motifs is 1. The predicted molar refractivity (Wildman–Crippen MR) is 87.2 cm³/mol. The zero-order valence-electron chi connectivity index (χ0n) is 12.3. The van der Waals surface area contributed by atoms with Crippen LogP contribution in [0, 0.1) is 6.92 Å². The Bertz CT molecular complexity index is 933. The minimum absolute atomic E-state index is 0.0101. The number of hydrogen-bond acceptors (Lipinski definition) is 5. The third kappa shape index (κ3) is 2.22. The van der Waals surface area contributed by atoms with Crippen LogP contribution in [0.3, 0.4) is 0 Å². The van der Waals surface area contributed by atoms with Gasteiger partial charge in [-0.2, -0.15) is 0 Å². The Balaban J connectivity index is 2.41. The highest BCUT2D eigenvalue weighted by Crippen LogP contribution is 2.34. The van der Waals surface area contributed by atoms with E-state index >= 15 is 0 Å². The first-order valence-electron chi connectivity index (χ1n) is 6.61. The lowest BCUT2D eigenvalue weighted by Crippen LogP contribution is -2.24. The van der Waals surface area contributed by atoms with Crippen LogP contribution in [0.1, 0.15) is 26.3 Å². The summed E-state index contributed by atoms with van der Waals surface area (Å²) in [4.78, 5) is 36.1. The maximum atomic E-state index is 12.5. The standard InChI is InChI=1S/C15H12BrN3O4/c1-6-3-8(16)12(9(4-6)23-2)19-10(20)5-7-11(13(19)17)15(22)18-14(7)21/h3-5H,17H2,1-2H3,(H,18,21,22). The fraction of sp³-hybridized carbons (Fsp3) is 0.133. The molecule has 2 heterocycles. The molecule has 1 aromatic carbocycles. The summed E-state index contributed by atoms with van der Waals surface area (Å²) in [6.45, 7) is 1.87. The molecule has 1 aliphatic rings. The molecule has 0 bridgehead atoms. The molecule has 0 fully saturated rings. The summed E-state index contributed by atoms with van der Waals surface area (Å²) in [6.07, 6.45) is 0. The maximum absolute atomic E-state index is 12.5. The van der Waals surface area contributed by atoms with E-state index in [2.05, 4.69) is 21.2 Å². The number of hydrogen-bond donors (Lipinski definition) is 2. The monoisotopic (exact) mass is 377 g/mol. The molecule has 1 aromatic heterocycles. The zero-order chi connectivity index (χ0) is 16.9. The van der Waals surface area contributed by atoms with E-state index in [0.717, 1.165) is 16.2 Å². The number of nitrogens with one attached hydrogen (secondary N) is 1. The first-order valence-corrected chi connectivity index (χ1v) is 7.40. The number of carbonyl (C=O) groups is 2. The van der Waals surface area contributed by atoms with Crippen LogP contribution in [0.5, 0.6) is 5.75 Å².